The fraction of sp³-hybridized carbons (Fsp3) is 0.727. The Morgan fingerprint density at radius 3 is 3.07 bits per heavy atom. The first-order valence-electron chi connectivity index (χ1n) is 5.61. The minimum Gasteiger partial charge on any atom is -0.338 e. The zero-order valence-corrected chi connectivity index (χ0v) is 9.68. The minimum atomic E-state index is 0.0204. The van der Waals surface area contributed by atoms with Crippen LogP contribution in [0, 0.1) is 0 Å². The monoisotopic (exact) mass is 211 g/mol. The van der Waals surface area contributed by atoms with Gasteiger partial charge in [0.25, 0.3) is 0 Å². The van der Waals surface area contributed by atoms with Gasteiger partial charge in [-0.1, -0.05) is 11.6 Å². The van der Waals surface area contributed by atoms with Crippen LogP contribution in [0.15, 0.2) is 11.6 Å². The molecule has 0 aromatic carbocycles. The molecule has 0 bridgehead atoms. The Bertz CT molecular complexity index is 238. The Kier molecular flexibility index (Phi) is 5.18. The molecule has 0 unspecified atom stereocenters. The van der Waals surface area contributed by atoms with Crippen molar-refractivity contribution in [3.8, 4) is 0 Å². The van der Waals surface area contributed by atoms with Gasteiger partial charge in [-0.05, 0) is 26.3 Å². The van der Waals surface area contributed by atoms with E-state index in [-0.39, 0.29) is 6.03 Å². The van der Waals surface area contributed by atoms with Crippen molar-refractivity contribution in [2.24, 2.45) is 0 Å². The van der Waals surface area contributed by atoms with Crippen LogP contribution in [-0.2, 0) is 0 Å². The number of hydrogen-bond donors (Lipinski definition) is 2. The van der Waals surface area contributed by atoms with Gasteiger partial charge in [-0.2, -0.15) is 0 Å². The lowest BCUT2D eigenvalue weighted by Gasteiger charge is -2.17. The lowest BCUT2D eigenvalue weighted by atomic mass is 10.1. The van der Waals surface area contributed by atoms with E-state index in [1.54, 1.807) is 11.9 Å². The Labute approximate surface area is 91.7 Å². The summed E-state index contributed by atoms with van der Waals surface area (Å²) in [5.74, 6) is 0. The van der Waals surface area contributed by atoms with Gasteiger partial charge in [-0.15, -0.1) is 0 Å². The number of hydrogen-bond acceptors (Lipinski definition) is 2. The van der Waals surface area contributed by atoms with Gasteiger partial charge in [0, 0.05) is 26.7 Å². The molecular weight excluding hydrogens is 190 g/mol. The van der Waals surface area contributed by atoms with Crippen molar-refractivity contribution >= 4 is 6.03 Å². The number of carbonyl (C=O) groups excluding carboxylic acids is 1. The Morgan fingerprint density at radius 2 is 2.47 bits per heavy atom. The van der Waals surface area contributed by atoms with E-state index in [0.29, 0.717) is 0 Å². The van der Waals surface area contributed by atoms with Crippen LogP contribution >= 0.6 is 0 Å². The summed E-state index contributed by atoms with van der Waals surface area (Å²) < 4.78 is 0. The van der Waals surface area contributed by atoms with E-state index in [4.69, 9.17) is 0 Å². The molecule has 15 heavy (non-hydrogen) atoms. The van der Waals surface area contributed by atoms with E-state index < -0.39 is 0 Å². The highest BCUT2D eigenvalue weighted by atomic mass is 16.2. The van der Waals surface area contributed by atoms with Crippen molar-refractivity contribution < 1.29 is 4.79 Å². The molecule has 4 heteroatoms. The fourth-order valence-electron chi connectivity index (χ4n) is 1.51. The molecule has 0 saturated heterocycles. The molecule has 2 amide bonds. The predicted molar refractivity (Wildman–Crippen MR) is 61.9 cm³/mol. The van der Waals surface area contributed by atoms with E-state index in [2.05, 4.69) is 16.7 Å². The summed E-state index contributed by atoms with van der Waals surface area (Å²) >= 11 is 0. The summed E-state index contributed by atoms with van der Waals surface area (Å²) in [5.41, 5.74) is 1.45. The summed E-state index contributed by atoms with van der Waals surface area (Å²) in [6.45, 7) is 5.50. The fourth-order valence-corrected chi connectivity index (χ4v) is 1.51. The molecule has 0 radical (unpaired) electrons. The van der Waals surface area contributed by atoms with Gasteiger partial charge in [0.2, 0.25) is 0 Å². The van der Waals surface area contributed by atoms with Crippen LogP contribution in [0.3, 0.4) is 0 Å². The first-order valence-corrected chi connectivity index (χ1v) is 5.61. The van der Waals surface area contributed by atoms with Crippen molar-refractivity contribution in [3.05, 3.63) is 11.6 Å². The van der Waals surface area contributed by atoms with Gasteiger partial charge in [0.1, 0.15) is 0 Å². The van der Waals surface area contributed by atoms with E-state index in [9.17, 15) is 4.79 Å². The number of nitrogens with one attached hydrogen (secondary N) is 2. The maximum atomic E-state index is 11.4. The molecule has 0 atom stereocenters. The van der Waals surface area contributed by atoms with Gasteiger partial charge in [-0.25, -0.2) is 4.79 Å². The van der Waals surface area contributed by atoms with Crippen LogP contribution in [-0.4, -0.2) is 44.2 Å². The number of carbonyl (C=O) groups is 1. The van der Waals surface area contributed by atoms with E-state index in [1.165, 1.54) is 5.57 Å². The molecule has 1 heterocycles. The first kappa shape index (κ1) is 12.0. The molecule has 0 saturated carbocycles. The van der Waals surface area contributed by atoms with Gasteiger partial charge in [0.15, 0.2) is 0 Å². The summed E-state index contributed by atoms with van der Waals surface area (Å²) in [6, 6.07) is 0.0204. The number of amides is 2. The van der Waals surface area contributed by atoms with Crippen molar-refractivity contribution in [1.82, 2.24) is 15.5 Å². The molecular formula is C11H21N3O. The van der Waals surface area contributed by atoms with Crippen molar-refractivity contribution in [1.29, 1.82) is 0 Å². The normalized spacial score (nSPS) is 15.7. The Balaban J connectivity index is 2.15. The van der Waals surface area contributed by atoms with Crippen molar-refractivity contribution in [2.45, 2.75) is 19.8 Å². The highest BCUT2D eigenvalue weighted by Crippen LogP contribution is 2.07. The smallest absolute Gasteiger partial charge is 0.317 e. The predicted octanol–water partition coefficient (Wildman–Crippen LogP) is 0.957. The molecule has 2 N–H and O–H groups in total. The van der Waals surface area contributed by atoms with Gasteiger partial charge in [0.05, 0.1) is 0 Å². The average molecular weight is 211 g/mol. The van der Waals surface area contributed by atoms with Gasteiger partial charge >= 0.3 is 6.03 Å². The Morgan fingerprint density at radius 1 is 1.67 bits per heavy atom. The molecule has 0 aliphatic carbocycles. The second-order valence-corrected chi connectivity index (χ2v) is 3.81. The van der Waals surface area contributed by atoms with E-state index in [1.807, 2.05) is 6.92 Å². The summed E-state index contributed by atoms with van der Waals surface area (Å²) in [4.78, 5) is 13.1. The van der Waals surface area contributed by atoms with E-state index >= 15 is 0 Å². The maximum Gasteiger partial charge on any atom is 0.317 e. The largest absolute Gasteiger partial charge is 0.338 e. The first-order chi connectivity index (χ1) is 7.24. The second kappa shape index (κ2) is 6.45. The summed E-state index contributed by atoms with van der Waals surface area (Å²) in [7, 11) is 1.80. The van der Waals surface area contributed by atoms with Gasteiger partial charge in [-0.3, -0.25) is 0 Å². The topological polar surface area (TPSA) is 44.4 Å². The third kappa shape index (κ3) is 4.34. The highest BCUT2D eigenvalue weighted by molar-refractivity contribution is 5.73. The van der Waals surface area contributed by atoms with Crippen molar-refractivity contribution in [2.75, 3.05) is 33.2 Å². The number of urea groups is 1. The quantitative estimate of drug-likeness (QED) is 0.680. The second-order valence-electron chi connectivity index (χ2n) is 3.81. The van der Waals surface area contributed by atoms with Crippen LogP contribution in [0.4, 0.5) is 4.79 Å². The summed E-state index contributed by atoms with van der Waals surface area (Å²) in [6.07, 6.45) is 4.31. The van der Waals surface area contributed by atoms with E-state index in [0.717, 1.165) is 39.0 Å². The third-order valence-electron chi connectivity index (χ3n) is 2.70. The van der Waals surface area contributed by atoms with Crippen LogP contribution in [0.2, 0.25) is 0 Å². The standard InChI is InChI=1S/C11H21N3O/c1-3-14(2)11(15)13-9-6-10-4-7-12-8-5-10/h4,12H,3,5-9H2,1-2H3,(H,13,15). The molecule has 0 spiro atoms. The molecule has 0 fully saturated rings. The molecule has 0 aromatic heterocycles. The SMILES string of the molecule is CCN(C)C(=O)NCCC1=CCNCC1. The summed E-state index contributed by atoms with van der Waals surface area (Å²) in [5, 5.41) is 6.18. The maximum absolute atomic E-state index is 11.4. The lowest BCUT2D eigenvalue weighted by Crippen LogP contribution is -2.37. The minimum absolute atomic E-state index is 0.0204. The molecule has 86 valence electrons. The molecule has 1 rings (SSSR count). The van der Waals surface area contributed by atoms with Crippen LogP contribution in [0.5, 0.6) is 0 Å². The molecule has 4 nitrogen and oxygen atoms in total. The lowest BCUT2D eigenvalue weighted by molar-refractivity contribution is 0.211. The van der Waals surface area contributed by atoms with Crippen LogP contribution in [0.25, 0.3) is 0 Å². The zero-order chi connectivity index (χ0) is 11.1. The highest BCUT2D eigenvalue weighted by Gasteiger charge is 2.06. The van der Waals surface area contributed by atoms with Crippen LogP contribution in [0.1, 0.15) is 19.8 Å². The number of rotatable bonds is 4. The zero-order valence-electron chi connectivity index (χ0n) is 9.68. The average Bonchev–Trinajstić information content (AvgIpc) is 2.29. The van der Waals surface area contributed by atoms with Crippen LogP contribution < -0.4 is 10.6 Å². The molecule has 0 aromatic rings. The third-order valence-corrected chi connectivity index (χ3v) is 2.70. The van der Waals surface area contributed by atoms with Crippen molar-refractivity contribution in [3.63, 3.8) is 0 Å². The van der Waals surface area contributed by atoms with Gasteiger partial charge < -0.3 is 15.5 Å². The Hall–Kier alpha value is -1.03. The number of nitrogens with zero attached hydrogens (tertiary/aromatic N) is 1. The molecule has 1 aliphatic heterocycles. The molecule has 1 aliphatic rings.